The fraction of sp³-hybridized carbons (Fsp3) is 0.333. The lowest BCUT2D eigenvalue weighted by Crippen LogP contribution is -2.28. The van der Waals surface area contributed by atoms with Crippen molar-refractivity contribution in [2.45, 2.75) is 11.8 Å². The van der Waals surface area contributed by atoms with E-state index in [-0.39, 0.29) is 10.7 Å². The van der Waals surface area contributed by atoms with Crippen LogP contribution in [0.2, 0.25) is 0 Å². The van der Waals surface area contributed by atoms with E-state index in [1.54, 1.807) is 24.5 Å². The van der Waals surface area contributed by atoms with Gasteiger partial charge in [0.25, 0.3) is 5.91 Å². The van der Waals surface area contributed by atoms with Crippen LogP contribution in [-0.4, -0.2) is 22.3 Å². The SMILES string of the molecule is CC(Br)CNC(=O)c1cccnc1. The van der Waals surface area contributed by atoms with Crippen molar-refractivity contribution in [1.29, 1.82) is 0 Å². The summed E-state index contributed by atoms with van der Waals surface area (Å²) in [6, 6.07) is 3.48. The first kappa shape index (κ1) is 10.2. The Morgan fingerprint density at radius 1 is 1.77 bits per heavy atom. The zero-order valence-electron chi connectivity index (χ0n) is 7.33. The molecule has 70 valence electrons. The molecule has 1 aromatic rings. The fourth-order valence-electron chi connectivity index (χ4n) is 0.832. The van der Waals surface area contributed by atoms with Gasteiger partial charge in [-0.05, 0) is 12.1 Å². The summed E-state index contributed by atoms with van der Waals surface area (Å²) < 4.78 is 0. The standard InChI is InChI=1S/C9H11BrN2O/c1-7(10)5-12-9(13)8-3-2-4-11-6-8/h2-4,6-7H,5H2,1H3,(H,12,13). The molecule has 1 rings (SSSR count). The van der Waals surface area contributed by atoms with Crippen molar-refractivity contribution in [3.8, 4) is 0 Å². The number of carbonyl (C=O) groups is 1. The molecule has 0 spiro atoms. The first-order chi connectivity index (χ1) is 6.20. The number of hydrogen-bond donors (Lipinski definition) is 1. The Kier molecular flexibility index (Phi) is 3.89. The maximum atomic E-state index is 11.4. The molecule has 1 N–H and O–H groups in total. The monoisotopic (exact) mass is 242 g/mol. The predicted molar refractivity (Wildman–Crippen MR) is 55.0 cm³/mol. The van der Waals surface area contributed by atoms with Crippen LogP contribution in [0.4, 0.5) is 0 Å². The lowest BCUT2D eigenvalue weighted by molar-refractivity contribution is 0.0954. The summed E-state index contributed by atoms with van der Waals surface area (Å²) in [5.74, 6) is -0.0839. The zero-order valence-corrected chi connectivity index (χ0v) is 8.91. The molecule has 1 unspecified atom stereocenters. The fourth-order valence-corrected chi connectivity index (χ4v) is 0.994. The molecule has 0 saturated carbocycles. The molecular weight excluding hydrogens is 232 g/mol. The molecule has 0 aliphatic rings. The number of nitrogens with one attached hydrogen (secondary N) is 1. The normalized spacial score (nSPS) is 12.2. The minimum atomic E-state index is -0.0839. The molecule has 0 saturated heterocycles. The number of carbonyl (C=O) groups excluding carboxylic acids is 1. The Bertz CT molecular complexity index is 274. The molecule has 0 aromatic carbocycles. The molecule has 13 heavy (non-hydrogen) atoms. The van der Waals surface area contributed by atoms with Gasteiger partial charge in [-0.25, -0.2) is 0 Å². The molecule has 1 aromatic heterocycles. The highest BCUT2D eigenvalue weighted by molar-refractivity contribution is 9.09. The van der Waals surface area contributed by atoms with Crippen LogP contribution in [0.1, 0.15) is 17.3 Å². The van der Waals surface area contributed by atoms with Gasteiger partial charge in [-0.15, -0.1) is 0 Å². The highest BCUT2D eigenvalue weighted by Gasteiger charge is 2.04. The van der Waals surface area contributed by atoms with Crippen molar-refractivity contribution in [1.82, 2.24) is 10.3 Å². The largest absolute Gasteiger partial charge is 0.351 e. The Morgan fingerprint density at radius 2 is 2.54 bits per heavy atom. The third-order valence-electron chi connectivity index (χ3n) is 1.47. The number of aromatic nitrogens is 1. The lowest BCUT2D eigenvalue weighted by Gasteiger charge is -2.05. The summed E-state index contributed by atoms with van der Waals surface area (Å²) in [6.45, 7) is 2.59. The van der Waals surface area contributed by atoms with Crippen LogP contribution in [0.3, 0.4) is 0 Å². The minimum absolute atomic E-state index is 0.0839. The van der Waals surface area contributed by atoms with Crippen molar-refractivity contribution in [3.63, 3.8) is 0 Å². The molecule has 0 fully saturated rings. The van der Waals surface area contributed by atoms with E-state index >= 15 is 0 Å². The second-order valence-electron chi connectivity index (χ2n) is 2.73. The van der Waals surface area contributed by atoms with Crippen molar-refractivity contribution >= 4 is 21.8 Å². The van der Waals surface area contributed by atoms with Gasteiger partial charge in [0, 0.05) is 23.8 Å². The molecule has 4 heteroatoms. The number of rotatable bonds is 3. The summed E-state index contributed by atoms with van der Waals surface area (Å²) >= 11 is 3.35. The summed E-state index contributed by atoms with van der Waals surface area (Å²) in [6.07, 6.45) is 3.19. The Hall–Kier alpha value is -0.900. The van der Waals surface area contributed by atoms with Gasteiger partial charge in [-0.3, -0.25) is 9.78 Å². The van der Waals surface area contributed by atoms with Crippen molar-refractivity contribution in [3.05, 3.63) is 30.1 Å². The van der Waals surface area contributed by atoms with Crippen molar-refractivity contribution in [2.24, 2.45) is 0 Å². The number of amides is 1. The predicted octanol–water partition coefficient (Wildman–Crippen LogP) is 1.59. The second kappa shape index (κ2) is 4.97. The maximum Gasteiger partial charge on any atom is 0.252 e. The molecule has 0 radical (unpaired) electrons. The van der Waals surface area contributed by atoms with E-state index in [0.29, 0.717) is 12.1 Å². The third-order valence-corrected chi connectivity index (χ3v) is 1.79. The van der Waals surface area contributed by atoms with E-state index in [1.165, 1.54) is 0 Å². The molecule has 3 nitrogen and oxygen atoms in total. The molecule has 1 atom stereocenters. The zero-order chi connectivity index (χ0) is 9.68. The van der Waals surface area contributed by atoms with Gasteiger partial charge in [0.2, 0.25) is 0 Å². The van der Waals surface area contributed by atoms with Crippen LogP contribution in [0, 0.1) is 0 Å². The van der Waals surface area contributed by atoms with Crippen LogP contribution in [0.5, 0.6) is 0 Å². The summed E-state index contributed by atoms with van der Waals surface area (Å²) in [5.41, 5.74) is 0.593. The van der Waals surface area contributed by atoms with E-state index < -0.39 is 0 Å². The van der Waals surface area contributed by atoms with Gasteiger partial charge < -0.3 is 5.32 Å². The smallest absolute Gasteiger partial charge is 0.252 e. The van der Waals surface area contributed by atoms with Gasteiger partial charge >= 0.3 is 0 Å². The number of halogens is 1. The number of alkyl halides is 1. The van der Waals surface area contributed by atoms with Gasteiger partial charge in [-0.1, -0.05) is 22.9 Å². The van der Waals surface area contributed by atoms with E-state index in [2.05, 4.69) is 26.2 Å². The average molecular weight is 243 g/mol. The van der Waals surface area contributed by atoms with Gasteiger partial charge in [0.05, 0.1) is 5.56 Å². The second-order valence-corrected chi connectivity index (χ2v) is 4.30. The first-order valence-corrected chi connectivity index (χ1v) is 4.94. The molecule has 0 aliphatic carbocycles. The van der Waals surface area contributed by atoms with Crippen LogP contribution in [0.25, 0.3) is 0 Å². The number of nitrogens with zero attached hydrogens (tertiary/aromatic N) is 1. The van der Waals surface area contributed by atoms with E-state index in [4.69, 9.17) is 0 Å². The Labute approximate surface area is 85.7 Å². The Morgan fingerprint density at radius 3 is 3.08 bits per heavy atom. The molecular formula is C9H11BrN2O. The van der Waals surface area contributed by atoms with Gasteiger partial charge in [0.15, 0.2) is 0 Å². The van der Waals surface area contributed by atoms with Gasteiger partial charge in [0.1, 0.15) is 0 Å². The molecule has 1 amide bonds. The third kappa shape index (κ3) is 3.55. The van der Waals surface area contributed by atoms with Crippen LogP contribution < -0.4 is 5.32 Å². The minimum Gasteiger partial charge on any atom is -0.351 e. The highest BCUT2D eigenvalue weighted by atomic mass is 79.9. The molecule has 0 aliphatic heterocycles. The first-order valence-electron chi connectivity index (χ1n) is 4.02. The highest BCUT2D eigenvalue weighted by Crippen LogP contribution is 1.97. The van der Waals surface area contributed by atoms with E-state index in [0.717, 1.165) is 0 Å². The van der Waals surface area contributed by atoms with Crippen LogP contribution in [0.15, 0.2) is 24.5 Å². The quantitative estimate of drug-likeness (QED) is 0.819. The van der Waals surface area contributed by atoms with Crippen LogP contribution in [-0.2, 0) is 0 Å². The van der Waals surface area contributed by atoms with Crippen molar-refractivity contribution < 1.29 is 4.79 Å². The van der Waals surface area contributed by atoms with E-state index in [1.807, 2.05) is 6.92 Å². The molecule has 0 bridgehead atoms. The number of hydrogen-bond acceptors (Lipinski definition) is 2. The summed E-state index contributed by atoms with van der Waals surface area (Å²) in [7, 11) is 0. The Balaban J connectivity index is 2.50. The van der Waals surface area contributed by atoms with E-state index in [9.17, 15) is 4.79 Å². The topological polar surface area (TPSA) is 42.0 Å². The van der Waals surface area contributed by atoms with Crippen molar-refractivity contribution in [2.75, 3.05) is 6.54 Å². The summed E-state index contributed by atoms with van der Waals surface area (Å²) in [4.78, 5) is 15.5. The maximum absolute atomic E-state index is 11.4. The molecule has 1 heterocycles. The number of pyridine rings is 1. The summed E-state index contributed by atoms with van der Waals surface area (Å²) in [5, 5.41) is 2.77. The average Bonchev–Trinajstić information content (AvgIpc) is 2.15. The van der Waals surface area contributed by atoms with Gasteiger partial charge in [-0.2, -0.15) is 0 Å². The lowest BCUT2D eigenvalue weighted by atomic mass is 10.2. The van der Waals surface area contributed by atoms with Crippen LogP contribution >= 0.6 is 15.9 Å².